The van der Waals surface area contributed by atoms with Gasteiger partial charge in [0, 0.05) is 18.5 Å². The van der Waals surface area contributed by atoms with Gasteiger partial charge in [0.05, 0.1) is 6.42 Å². The van der Waals surface area contributed by atoms with Gasteiger partial charge in [0.25, 0.3) is 0 Å². The fourth-order valence-electron chi connectivity index (χ4n) is 2.18. The molecule has 1 amide bonds. The second-order valence-electron chi connectivity index (χ2n) is 4.78. The minimum atomic E-state index is -0.860. The fraction of sp³-hybridized carbons (Fsp3) is 0.833. The number of nitrogens with one attached hydrogen (secondary N) is 1. The molecule has 0 aliphatic carbocycles. The van der Waals surface area contributed by atoms with E-state index in [1.807, 2.05) is 13.8 Å². The van der Waals surface area contributed by atoms with Crippen LogP contribution in [0.25, 0.3) is 0 Å². The zero-order valence-corrected chi connectivity index (χ0v) is 10.8. The second-order valence-corrected chi connectivity index (χ2v) is 4.78. The zero-order chi connectivity index (χ0) is 13.0. The van der Waals surface area contributed by atoms with E-state index >= 15 is 0 Å². The van der Waals surface area contributed by atoms with Crippen molar-refractivity contribution in [2.75, 3.05) is 19.6 Å². The summed E-state index contributed by atoms with van der Waals surface area (Å²) in [6.45, 7) is 7.96. The first-order valence-corrected chi connectivity index (χ1v) is 6.20. The third-order valence-electron chi connectivity index (χ3n) is 3.54. The summed E-state index contributed by atoms with van der Waals surface area (Å²) in [5.41, 5.74) is 0. The van der Waals surface area contributed by atoms with Gasteiger partial charge >= 0.3 is 5.97 Å². The van der Waals surface area contributed by atoms with Crippen molar-refractivity contribution in [3.05, 3.63) is 0 Å². The summed E-state index contributed by atoms with van der Waals surface area (Å²) in [5, 5.41) is 11.9. The van der Waals surface area contributed by atoms with Gasteiger partial charge in [-0.05, 0) is 32.9 Å². The molecule has 1 aliphatic heterocycles. The maximum atomic E-state index is 12.2. The van der Waals surface area contributed by atoms with Crippen molar-refractivity contribution < 1.29 is 14.7 Å². The van der Waals surface area contributed by atoms with Crippen LogP contribution >= 0.6 is 0 Å². The number of carboxylic acids is 1. The molecule has 0 bridgehead atoms. The lowest BCUT2D eigenvalue weighted by Gasteiger charge is -2.36. The first-order valence-electron chi connectivity index (χ1n) is 6.20. The number of carboxylic acid groups (broad SMARTS) is 1. The Morgan fingerprint density at radius 1 is 1.41 bits per heavy atom. The highest BCUT2D eigenvalue weighted by Gasteiger charge is 2.32. The number of rotatable bonds is 6. The zero-order valence-electron chi connectivity index (χ0n) is 10.8. The second kappa shape index (κ2) is 6.00. The molecule has 1 heterocycles. The summed E-state index contributed by atoms with van der Waals surface area (Å²) in [6, 6.07) is -0.236. The van der Waals surface area contributed by atoms with Crippen LogP contribution in [0.5, 0.6) is 0 Å². The average Bonchev–Trinajstić information content (AvgIpc) is 2.14. The smallest absolute Gasteiger partial charge is 0.305 e. The first kappa shape index (κ1) is 14.0. The SMILES string of the molecule is CCN(C(=O)C(C)C1CNC1)C(C)CC(=O)O. The van der Waals surface area contributed by atoms with E-state index in [0.29, 0.717) is 12.5 Å². The molecule has 17 heavy (non-hydrogen) atoms. The Bertz CT molecular complexity index is 289. The molecule has 1 aliphatic rings. The molecule has 5 heteroatoms. The highest BCUT2D eigenvalue weighted by molar-refractivity contribution is 5.80. The molecule has 2 N–H and O–H groups in total. The lowest BCUT2D eigenvalue weighted by atomic mass is 9.87. The largest absolute Gasteiger partial charge is 0.481 e. The molecule has 0 aromatic carbocycles. The van der Waals surface area contributed by atoms with E-state index in [1.165, 1.54) is 0 Å². The molecular formula is C12H22N2O3. The molecule has 0 aromatic heterocycles. The lowest BCUT2D eigenvalue weighted by molar-refractivity contribution is -0.143. The van der Waals surface area contributed by atoms with Gasteiger partial charge in [-0.3, -0.25) is 9.59 Å². The Hall–Kier alpha value is -1.10. The van der Waals surface area contributed by atoms with Gasteiger partial charge in [-0.25, -0.2) is 0 Å². The van der Waals surface area contributed by atoms with Crippen LogP contribution in [0.1, 0.15) is 27.2 Å². The maximum absolute atomic E-state index is 12.2. The molecule has 1 fully saturated rings. The van der Waals surface area contributed by atoms with E-state index in [9.17, 15) is 9.59 Å². The van der Waals surface area contributed by atoms with Gasteiger partial charge in [0.1, 0.15) is 0 Å². The molecule has 98 valence electrons. The standard InChI is InChI=1S/C12H22N2O3/c1-4-14(8(2)5-11(15)16)12(17)9(3)10-6-13-7-10/h8-10,13H,4-7H2,1-3H3,(H,15,16). The van der Waals surface area contributed by atoms with Gasteiger partial charge in [0.15, 0.2) is 0 Å². The molecule has 2 unspecified atom stereocenters. The summed E-state index contributed by atoms with van der Waals surface area (Å²) in [4.78, 5) is 24.6. The number of hydrogen-bond donors (Lipinski definition) is 2. The minimum absolute atomic E-state index is 0.00914. The number of carbonyl (C=O) groups is 2. The molecule has 0 aromatic rings. The van der Waals surface area contributed by atoms with Crippen molar-refractivity contribution in [2.45, 2.75) is 33.2 Å². The Labute approximate surface area is 102 Å². The van der Waals surface area contributed by atoms with Crippen LogP contribution < -0.4 is 5.32 Å². The monoisotopic (exact) mass is 242 g/mol. The highest BCUT2D eigenvalue weighted by atomic mass is 16.4. The molecule has 0 spiro atoms. The van der Waals surface area contributed by atoms with E-state index in [0.717, 1.165) is 13.1 Å². The lowest BCUT2D eigenvalue weighted by Crippen LogP contribution is -2.52. The molecule has 0 saturated carbocycles. The van der Waals surface area contributed by atoms with Crippen LogP contribution in [0, 0.1) is 11.8 Å². The van der Waals surface area contributed by atoms with Crippen molar-refractivity contribution in [1.29, 1.82) is 0 Å². The normalized spacial score (nSPS) is 19.2. The van der Waals surface area contributed by atoms with Gasteiger partial charge < -0.3 is 15.3 Å². The van der Waals surface area contributed by atoms with Gasteiger partial charge in [0.2, 0.25) is 5.91 Å². The maximum Gasteiger partial charge on any atom is 0.305 e. The van der Waals surface area contributed by atoms with Crippen LogP contribution in [-0.4, -0.2) is 47.6 Å². The topological polar surface area (TPSA) is 69.6 Å². The summed E-state index contributed by atoms with van der Waals surface area (Å²) < 4.78 is 0. The predicted molar refractivity (Wildman–Crippen MR) is 64.6 cm³/mol. The van der Waals surface area contributed by atoms with E-state index in [2.05, 4.69) is 5.32 Å². The van der Waals surface area contributed by atoms with Crippen LogP contribution in [0.15, 0.2) is 0 Å². The number of aliphatic carboxylic acids is 1. The van der Waals surface area contributed by atoms with E-state index in [1.54, 1.807) is 11.8 Å². The highest BCUT2D eigenvalue weighted by Crippen LogP contribution is 2.20. The molecule has 1 rings (SSSR count). The molecule has 5 nitrogen and oxygen atoms in total. The van der Waals surface area contributed by atoms with Crippen molar-refractivity contribution in [3.63, 3.8) is 0 Å². The van der Waals surface area contributed by atoms with E-state index < -0.39 is 5.97 Å². The quantitative estimate of drug-likeness (QED) is 0.714. The predicted octanol–water partition coefficient (Wildman–Crippen LogP) is 0.554. The Kier molecular flexibility index (Phi) is 4.93. The van der Waals surface area contributed by atoms with Crippen LogP contribution in [-0.2, 0) is 9.59 Å². The van der Waals surface area contributed by atoms with Gasteiger partial charge in [-0.1, -0.05) is 6.92 Å². The van der Waals surface area contributed by atoms with E-state index in [4.69, 9.17) is 5.11 Å². The number of hydrogen-bond acceptors (Lipinski definition) is 3. The molecule has 0 radical (unpaired) electrons. The summed E-state index contributed by atoms with van der Waals surface area (Å²) in [5.74, 6) is -0.407. The fourth-order valence-corrected chi connectivity index (χ4v) is 2.18. The van der Waals surface area contributed by atoms with Gasteiger partial charge in [-0.15, -0.1) is 0 Å². The first-order chi connectivity index (χ1) is 7.97. The van der Waals surface area contributed by atoms with Crippen LogP contribution in [0.2, 0.25) is 0 Å². The number of amides is 1. The van der Waals surface area contributed by atoms with Crippen LogP contribution in [0.4, 0.5) is 0 Å². The third-order valence-corrected chi connectivity index (χ3v) is 3.54. The Balaban J connectivity index is 2.58. The average molecular weight is 242 g/mol. The van der Waals surface area contributed by atoms with Crippen molar-refractivity contribution in [2.24, 2.45) is 11.8 Å². The summed E-state index contributed by atoms with van der Waals surface area (Å²) in [6.07, 6.45) is 0.00914. The summed E-state index contributed by atoms with van der Waals surface area (Å²) in [7, 11) is 0. The van der Waals surface area contributed by atoms with Crippen molar-refractivity contribution in [3.8, 4) is 0 Å². The molecule has 2 atom stereocenters. The van der Waals surface area contributed by atoms with Crippen molar-refractivity contribution in [1.82, 2.24) is 10.2 Å². The van der Waals surface area contributed by atoms with Crippen LogP contribution in [0.3, 0.4) is 0 Å². The Morgan fingerprint density at radius 2 is 2.00 bits per heavy atom. The number of carbonyl (C=O) groups excluding carboxylic acids is 1. The van der Waals surface area contributed by atoms with Gasteiger partial charge in [-0.2, -0.15) is 0 Å². The van der Waals surface area contributed by atoms with Crippen molar-refractivity contribution >= 4 is 11.9 Å². The Morgan fingerprint density at radius 3 is 2.35 bits per heavy atom. The summed E-state index contributed by atoms with van der Waals surface area (Å²) >= 11 is 0. The molecular weight excluding hydrogens is 220 g/mol. The number of nitrogens with zero attached hydrogens (tertiary/aromatic N) is 1. The third kappa shape index (κ3) is 3.43. The van der Waals surface area contributed by atoms with E-state index in [-0.39, 0.29) is 24.3 Å². The minimum Gasteiger partial charge on any atom is -0.481 e. The molecule has 1 saturated heterocycles.